The Hall–Kier alpha value is -2.42. The average Bonchev–Trinajstić information content (AvgIpc) is 2.92. The normalized spacial score (nSPS) is 11.3. The van der Waals surface area contributed by atoms with E-state index in [2.05, 4.69) is 64.7 Å². The van der Waals surface area contributed by atoms with Crippen molar-refractivity contribution in [3.8, 4) is 0 Å². The molecule has 0 saturated carbocycles. The first-order chi connectivity index (χ1) is 8.92. The van der Waals surface area contributed by atoms with Crippen LogP contribution in [0.4, 0.5) is 0 Å². The van der Waals surface area contributed by atoms with Gasteiger partial charge in [-0.25, -0.2) is 9.67 Å². The quantitative estimate of drug-likeness (QED) is 0.698. The fourth-order valence-corrected chi connectivity index (χ4v) is 1.94. The van der Waals surface area contributed by atoms with Crippen molar-refractivity contribution in [3.05, 3.63) is 66.8 Å². The number of allylic oxidation sites excluding steroid dienone is 1. The second-order valence-corrected chi connectivity index (χ2v) is 4.13. The Labute approximate surface area is 105 Å². The maximum atomic E-state index is 4.05. The number of nitrogens with zero attached hydrogens (tertiary/aromatic N) is 3. The van der Waals surface area contributed by atoms with Crippen molar-refractivity contribution in [2.75, 3.05) is 0 Å². The summed E-state index contributed by atoms with van der Waals surface area (Å²) in [5.74, 6) is 0. The summed E-state index contributed by atoms with van der Waals surface area (Å²) in [6.07, 6.45) is 7.45. The van der Waals surface area contributed by atoms with E-state index in [1.165, 1.54) is 16.3 Å². The molecule has 0 spiro atoms. The SMILES string of the molecule is C(=Cc1ccc2ccccc2c1)Cn1cncn1. The Bertz CT molecular complexity index is 669. The summed E-state index contributed by atoms with van der Waals surface area (Å²) in [7, 11) is 0. The Kier molecular flexibility index (Phi) is 2.88. The Morgan fingerprint density at radius 1 is 1.06 bits per heavy atom. The van der Waals surface area contributed by atoms with Crippen molar-refractivity contribution in [1.29, 1.82) is 0 Å². The minimum atomic E-state index is 0.743. The standard InChI is InChI=1S/C15H13N3/c1-2-6-15-10-13(7-8-14(15)5-1)4-3-9-18-12-16-11-17-18/h1-8,10-12H,9H2. The third-order valence-corrected chi connectivity index (χ3v) is 2.84. The molecular formula is C15H13N3. The topological polar surface area (TPSA) is 30.7 Å². The molecule has 0 saturated heterocycles. The summed E-state index contributed by atoms with van der Waals surface area (Å²) in [4.78, 5) is 3.91. The molecule has 3 aromatic rings. The molecule has 0 aliphatic heterocycles. The largest absolute Gasteiger partial charge is 0.249 e. The van der Waals surface area contributed by atoms with E-state index in [0.717, 1.165) is 6.54 Å². The van der Waals surface area contributed by atoms with Crippen molar-refractivity contribution < 1.29 is 0 Å². The van der Waals surface area contributed by atoms with E-state index < -0.39 is 0 Å². The summed E-state index contributed by atoms with van der Waals surface area (Å²) < 4.78 is 1.79. The molecule has 88 valence electrons. The van der Waals surface area contributed by atoms with E-state index in [1.807, 2.05) is 0 Å². The molecule has 0 atom stereocenters. The van der Waals surface area contributed by atoms with Crippen LogP contribution in [0, 0.1) is 0 Å². The van der Waals surface area contributed by atoms with Gasteiger partial charge in [0.15, 0.2) is 0 Å². The highest BCUT2D eigenvalue weighted by Crippen LogP contribution is 2.16. The van der Waals surface area contributed by atoms with E-state index >= 15 is 0 Å². The fraction of sp³-hybridized carbons (Fsp3) is 0.0667. The molecule has 0 unspecified atom stereocenters. The zero-order chi connectivity index (χ0) is 12.2. The molecule has 0 fully saturated rings. The number of rotatable bonds is 3. The molecule has 0 N–H and O–H groups in total. The van der Waals surface area contributed by atoms with Crippen molar-refractivity contribution in [2.45, 2.75) is 6.54 Å². The smallest absolute Gasteiger partial charge is 0.137 e. The minimum Gasteiger partial charge on any atom is -0.249 e. The summed E-state index contributed by atoms with van der Waals surface area (Å²) in [6, 6.07) is 14.8. The van der Waals surface area contributed by atoms with Crippen molar-refractivity contribution in [1.82, 2.24) is 14.8 Å². The van der Waals surface area contributed by atoms with Gasteiger partial charge < -0.3 is 0 Å². The molecule has 0 aliphatic carbocycles. The van der Waals surface area contributed by atoms with Gasteiger partial charge in [0.05, 0.1) is 6.54 Å². The highest BCUT2D eigenvalue weighted by atomic mass is 15.3. The Morgan fingerprint density at radius 2 is 1.94 bits per heavy atom. The lowest BCUT2D eigenvalue weighted by Crippen LogP contribution is -1.94. The van der Waals surface area contributed by atoms with Gasteiger partial charge in [0.25, 0.3) is 0 Å². The lowest BCUT2D eigenvalue weighted by Gasteiger charge is -1.99. The van der Waals surface area contributed by atoms with Gasteiger partial charge in [0, 0.05) is 0 Å². The molecule has 1 heterocycles. The van der Waals surface area contributed by atoms with E-state index in [9.17, 15) is 0 Å². The maximum absolute atomic E-state index is 4.05. The van der Waals surface area contributed by atoms with Crippen LogP contribution in [0.15, 0.2) is 61.2 Å². The monoisotopic (exact) mass is 235 g/mol. The molecule has 2 aromatic carbocycles. The third kappa shape index (κ3) is 2.30. The molecule has 3 heteroatoms. The van der Waals surface area contributed by atoms with Crippen LogP contribution < -0.4 is 0 Å². The van der Waals surface area contributed by atoms with E-state index in [4.69, 9.17) is 0 Å². The zero-order valence-corrected chi connectivity index (χ0v) is 9.90. The second kappa shape index (κ2) is 4.84. The van der Waals surface area contributed by atoms with E-state index in [0.29, 0.717) is 0 Å². The molecule has 3 rings (SSSR count). The third-order valence-electron chi connectivity index (χ3n) is 2.84. The van der Waals surface area contributed by atoms with Crippen LogP contribution in [-0.4, -0.2) is 14.8 Å². The van der Waals surface area contributed by atoms with Crippen LogP contribution in [-0.2, 0) is 6.54 Å². The molecule has 0 aliphatic rings. The zero-order valence-electron chi connectivity index (χ0n) is 9.90. The van der Waals surface area contributed by atoms with Crippen LogP contribution in [0.25, 0.3) is 16.8 Å². The molecule has 18 heavy (non-hydrogen) atoms. The molecule has 1 aromatic heterocycles. The van der Waals surface area contributed by atoms with E-state index in [-0.39, 0.29) is 0 Å². The van der Waals surface area contributed by atoms with Crippen LogP contribution in [0.1, 0.15) is 5.56 Å². The number of aromatic nitrogens is 3. The first kappa shape index (κ1) is 10.7. The lowest BCUT2D eigenvalue weighted by atomic mass is 10.1. The average molecular weight is 235 g/mol. The number of fused-ring (bicyclic) bond motifs is 1. The molecular weight excluding hydrogens is 222 g/mol. The summed E-state index contributed by atoms with van der Waals surface area (Å²) in [6.45, 7) is 0.743. The lowest BCUT2D eigenvalue weighted by molar-refractivity contribution is 0.701. The van der Waals surface area contributed by atoms with Gasteiger partial charge in [0.1, 0.15) is 12.7 Å². The molecule has 0 radical (unpaired) electrons. The van der Waals surface area contributed by atoms with Crippen LogP contribution in [0.2, 0.25) is 0 Å². The van der Waals surface area contributed by atoms with Crippen LogP contribution in [0.5, 0.6) is 0 Å². The van der Waals surface area contributed by atoms with Gasteiger partial charge in [-0.3, -0.25) is 0 Å². The number of benzene rings is 2. The number of hydrogen-bond acceptors (Lipinski definition) is 2. The first-order valence-electron chi connectivity index (χ1n) is 5.89. The van der Waals surface area contributed by atoms with Gasteiger partial charge in [-0.05, 0) is 22.4 Å². The van der Waals surface area contributed by atoms with Crippen LogP contribution >= 0.6 is 0 Å². The Balaban J connectivity index is 1.80. The molecule has 0 bridgehead atoms. The Morgan fingerprint density at radius 3 is 2.78 bits per heavy atom. The van der Waals surface area contributed by atoms with Gasteiger partial charge >= 0.3 is 0 Å². The summed E-state index contributed by atoms with van der Waals surface area (Å²) >= 11 is 0. The number of hydrogen-bond donors (Lipinski definition) is 0. The summed E-state index contributed by atoms with van der Waals surface area (Å²) in [5.41, 5.74) is 1.20. The van der Waals surface area contributed by atoms with Gasteiger partial charge in [-0.2, -0.15) is 5.10 Å². The van der Waals surface area contributed by atoms with Crippen LogP contribution in [0.3, 0.4) is 0 Å². The first-order valence-corrected chi connectivity index (χ1v) is 5.89. The highest BCUT2D eigenvalue weighted by Gasteiger charge is 1.92. The predicted octanol–water partition coefficient (Wildman–Crippen LogP) is 3.14. The van der Waals surface area contributed by atoms with Crippen molar-refractivity contribution in [3.63, 3.8) is 0 Å². The second-order valence-electron chi connectivity index (χ2n) is 4.13. The maximum Gasteiger partial charge on any atom is 0.137 e. The van der Waals surface area contributed by atoms with E-state index in [1.54, 1.807) is 17.3 Å². The van der Waals surface area contributed by atoms with Gasteiger partial charge in [0.2, 0.25) is 0 Å². The molecule has 0 amide bonds. The fourth-order valence-electron chi connectivity index (χ4n) is 1.94. The van der Waals surface area contributed by atoms with Crippen molar-refractivity contribution >= 4 is 16.8 Å². The van der Waals surface area contributed by atoms with Gasteiger partial charge in [-0.1, -0.05) is 48.6 Å². The predicted molar refractivity (Wildman–Crippen MR) is 73.0 cm³/mol. The minimum absolute atomic E-state index is 0.743. The molecule has 3 nitrogen and oxygen atoms in total. The highest BCUT2D eigenvalue weighted by molar-refractivity contribution is 5.84. The summed E-state index contributed by atoms with van der Waals surface area (Å²) in [5, 5.41) is 6.59. The van der Waals surface area contributed by atoms with Crippen molar-refractivity contribution in [2.24, 2.45) is 0 Å². The van der Waals surface area contributed by atoms with Gasteiger partial charge in [-0.15, -0.1) is 0 Å².